The molecule has 2 aromatic carbocycles. The number of hydrogen-bond acceptors (Lipinski definition) is 3. The van der Waals surface area contributed by atoms with Crippen LogP contribution in [0.2, 0.25) is 0 Å². The van der Waals surface area contributed by atoms with Gasteiger partial charge in [0.25, 0.3) is 0 Å². The molecule has 0 radical (unpaired) electrons. The van der Waals surface area contributed by atoms with Gasteiger partial charge < -0.3 is 10.2 Å². The predicted octanol–water partition coefficient (Wildman–Crippen LogP) is 2.61. The molecule has 132 valence electrons. The van der Waals surface area contributed by atoms with E-state index in [2.05, 4.69) is 28.4 Å². The van der Waals surface area contributed by atoms with Gasteiger partial charge in [-0.3, -0.25) is 9.69 Å². The number of carbonyl (C=O) groups excluding carboxylic acids is 1. The van der Waals surface area contributed by atoms with E-state index in [4.69, 9.17) is 0 Å². The van der Waals surface area contributed by atoms with Crippen molar-refractivity contribution in [3.05, 3.63) is 65.5 Å². The molecule has 1 atom stereocenters. The van der Waals surface area contributed by atoms with Crippen LogP contribution in [0.15, 0.2) is 48.5 Å². The van der Waals surface area contributed by atoms with E-state index in [0.29, 0.717) is 12.1 Å². The van der Waals surface area contributed by atoms with Crippen LogP contribution >= 0.6 is 0 Å². The molecule has 0 spiro atoms. The summed E-state index contributed by atoms with van der Waals surface area (Å²) in [4.78, 5) is 16.6. The summed E-state index contributed by atoms with van der Waals surface area (Å²) in [5.74, 6) is -0.535. The molecule has 0 saturated heterocycles. The highest BCUT2D eigenvalue weighted by molar-refractivity contribution is 5.83. The molecular formula is C20H24FN3O. The van der Waals surface area contributed by atoms with Gasteiger partial charge >= 0.3 is 0 Å². The van der Waals surface area contributed by atoms with Gasteiger partial charge in [-0.05, 0) is 38.2 Å². The van der Waals surface area contributed by atoms with Crippen molar-refractivity contribution in [3.63, 3.8) is 0 Å². The Morgan fingerprint density at radius 2 is 1.92 bits per heavy atom. The van der Waals surface area contributed by atoms with Crippen molar-refractivity contribution in [1.82, 2.24) is 10.2 Å². The van der Waals surface area contributed by atoms with E-state index in [9.17, 15) is 9.18 Å². The molecule has 4 nitrogen and oxygen atoms in total. The highest BCUT2D eigenvalue weighted by Crippen LogP contribution is 2.26. The smallest absolute Gasteiger partial charge is 0.242 e. The van der Waals surface area contributed by atoms with Crippen molar-refractivity contribution in [2.75, 3.05) is 38.6 Å². The Kier molecular flexibility index (Phi) is 5.34. The molecule has 0 saturated carbocycles. The van der Waals surface area contributed by atoms with Crippen LogP contribution < -0.4 is 10.2 Å². The van der Waals surface area contributed by atoms with Crippen molar-refractivity contribution in [1.29, 1.82) is 0 Å². The van der Waals surface area contributed by atoms with Gasteiger partial charge in [-0.2, -0.15) is 0 Å². The van der Waals surface area contributed by atoms with Gasteiger partial charge in [-0.15, -0.1) is 0 Å². The lowest BCUT2D eigenvalue weighted by molar-refractivity contribution is -0.125. The Morgan fingerprint density at radius 3 is 2.68 bits per heavy atom. The fourth-order valence-electron chi connectivity index (χ4n) is 3.40. The Balaban J connectivity index is 1.61. The Hall–Kier alpha value is -2.40. The average molecular weight is 341 g/mol. The number of rotatable bonds is 6. The number of amides is 1. The van der Waals surface area contributed by atoms with Gasteiger partial charge in [0, 0.05) is 30.9 Å². The minimum absolute atomic E-state index is 0.178. The number of hydrogen-bond donors (Lipinski definition) is 1. The summed E-state index contributed by atoms with van der Waals surface area (Å²) in [6.45, 7) is 2.26. The van der Waals surface area contributed by atoms with E-state index >= 15 is 0 Å². The van der Waals surface area contributed by atoms with E-state index in [1.54, 1.807) is 37.2 Å². The monoisotopic (exact) mass is 341 g/mol. The molecule has 1 heterocycles. The molecule has 3 rings (SSSR count). The summed E-state index contributed by atoms with van der Waals surface area (Å²) >= 11 is 0. The Bertz CT molecular complexity index is 747. The molecule has 0 fully saturated rings. The fraction of sp³-hybridized carbons (Fsp3) is 0.350. The van der Waals surface area contributed by atoms with Crippen molar-refractivity contribution < 1.29 is 9.18 Å². The van der Waals surface area contributed by atoms with Crippen LogP contribution in [-0.4, -0.2) is 44.5 Å². The SMILES string of the molecule is CN(C)[C@H](C(=O)NCCN1CCc2ccccc21)c1ccccc1F. The normalized spacial score (nSPS) is 14.5. The minimum atomic E-state index is -0.632. The first kappa shape index (κ1) is 17.4. The minimum Gasteiger partial charge on any atom is -0.369 e. The molecule has 0 bridgehead atoms. The quantitative estimate of drug-likeness (QED) is 0.877. The van der Waals surface area contributed by atoms with Gasteiger partial charge in [-0.1, -0.05) is 36.4 Å². The van der Waals surface area contributed by atoms with E-state index in [-0.39, 0.29) is 11.7 Å². The van der Waals surface area contributed by atoms with Crippen LogP contribution in [0.4, 0.5) is 10.1 Å². The Morgan fingerprint density at radius 1 is 1.20 bits per heavy atom. The van der Waals surface area contributed by atoms with E-state index < -0.39 is 6.04 Å². The van der Waals surface area contributed by atoms with Crippen LogP contribution in [0.3, 0.4) is 0 Å². The number of para-hydroxylation sites is 1. The lowest BCUT2D eigenvalue weighted by Crippen LogP contribution is -2.41. The summed E-state index contributed by atoms with van der Waals surface area (Å²) in [7, 11) is 3.57. The second-order valence-corrected chi connectivity index (χ2v) is 6.54. The lowest BCUT2D eigenvalue weighted by Gasteiger charge is -2.25. The van der Waals surface area contributed by atoms with Crippen molar-refractivity contribution in [3.8, 4) is 0 Å². The number of nitrogens with one attached hydrogen (secondary N) is 1. The summed E-state index contributed by atoms with van der Waals surface area (Å²) in [5, 5.41) is 2.96. The molecular weight excluding hydrogens is 317 g/mol. The molecule has 1 N–H and O–H groups in total. The molecule has 1 aliphatic rings. The van der Waals surface area contributed by atoms with Gasteiger partial charge in [0.05, 0.1) is 0 Å². The number of nitrogens with zero attached hydrogens (tertiary/aromatic N) is 2. The van der Waals surface area contributed by atoms with Gasteiger partial charge in [-0.25, -0.2) is 4.39 Å². The van der Waals surface area contributed by atoms with E-state index in [1.165, 1.54) is 17.3 Å². The molecule has 0 aromatic heterocycles. The summed E-state index contributed by atoms with van der Waals surface area (Å²) in [6, 6.07) is 14.2. The molecule has 0 aliphatic carbocycles. The highest BCUT2D eigenvalue weighted by Gasteiger charge is 2.25. The standard InChI is InChI=1S/C20H24FN3O/c1-23(2)19(16-8-4-5-9-17(16)21)20(25)22-12-14-24-13-11-15-7-3-6-10-18(15)24/h3-10,19H,11-14H2,1-2H3,(H,22,25)/t19-/m0/s1. The first-order valence-electron chi connectivity index (χ1n) is 8.59. The summed E-state index contributed by atoms with van der Waals surface area (Å²) in [5.41, 5.74) is 3.00. The average Bonchev–Trinajstić information content (AvgIpc) is 3.00. The molecule has 1 aliphatic heterocycles. The predicted molar refractivity (Wildman–Crippen MR) is 98.2 cm³/mol. The number of benzene rings is 2. The molecule has 2 aromatic rings. The van der Waals surface area contributed by atoms with E-state index in [1.807, 2.05) is 6.07 Å². The van der Waals surface area contributed by atoms with Crippen molar-refractivity contribution in [2.45, 2.75) is 12.5 Å². The van der Waals surface area contributed by atoms with Crippen LogP contribution in [0, 0.1) is 5.82 Å². The van der Waals surface area contributed by atoms with Crippen molar-refractivity contribution in [2.24, 2.45) is 0 Å². The third-order valence-electron chi connectivity index (χ3n) is 4.63. The molecule has 5 heteroatoms. The van der Waals surface area contributed by atoms with E-state index in [0.717, 1.165) is 19.5 Å². The van der Waals surface area contributed by atoms with Crippen LogP contribution in [0.5, 0.6) is 0 Å². The fourth-order valence-corrected chi connectivity index (χ4v) is 3.40. The number of fused-ring (bicyclic) bond motifs is 1. The summed E-state index contributed by atoms with van der Waals surface area (Å²) in [6.07, 6.45) is 1.04. The summed E-state index contributed by atoms with van der Waals surface area (Å²) < 4.78 is 14.1. The zero-order valence-electron chi connectivity index (χ0n) is 14.7. The maximum Gasteiger partial charge on any atom is 0.242 e. The van der Waals surface area contributed by atoms with Gasteiger partial charge in [0.1, 0.15) is 11.9 Å². The van der Waals surface area contributed by atoms with Gasteiger partial charge in [0.2, 0.25) is 5.91 Å². The third kappa shape index (κ3) is 3.82. The maximum atomic E-state index is 14.1. The Labute approximate surface area is 148 Å². The second kappa shape index (κ2) is 7.66. The second-order valence-electron chi connectivity index (χ2n) is 6.54. The van der Waals surface area contributed by atoms with Gasteiger partial charge in [0.15, 0.2) is 0 Å². The lowest BCUT2D eigenvalue weighted by atomic mass is 10.0. The van der Waals surface area contributed by atoms with Crippen LogP contribution in [0.1, 0.15) is 17.2 Å². The number of anilines is 1. The number of likely N-dealkylation sites (N-methyl/N-ethyl adjacent to an activating group) is 1. The van der Waals surface area contributed by atoms with Crippen LogP contribution in [-0.2, 0) is 11.2 Å². The first-order valence-corrected chi connectivity index (χ1v) is 8.59. The zero-order chi connectivity index (χ0) is 17.8. The molecule has 1 amide bonds. The highest BCUT2D eigenvalue weighted by atomic mass is 19.1. The zero-order valence-corrected chi connectivity index (χ0v) is 14.7. The maximum absolute atomic E-state index is 14.1. The molecule has 25 heavy (non-hydrogen) atoms. The van der Waals surface area contributed by atoms with Crippen LogP contribution in [0.25, 0.3) is 0 Å². The third-order valence-corrected chi connectivity index (χ3v) is 4.63. The molecule has 0 unspecified atom stereocenters. The number of carbonyl (C=O) groups is 1. The first-order chi connectivity index (χ1) is 12.1. The number of halogens is 1. The largest absolute Gasteiger partial charge is 0.369 e. The topological polar surface area (TPSA) is 35.6 Å². The van der Waals surface area contributed by atoms with Crippen molar-refractivity contribution >= 4 is 11.6 Å².